The zero-order valence-corrected chi connectivity index (χ0v) is 25.3. The van der Waals surface area contributed by atoms with Crippen LogP contribution in [0.5, 0.6) is 5.75 Å². The first-order chi connectivity index (χ1) is 19.4. The van der Waals surface area contributed by atoms with Gasteiger partial charge in [-0.2, -0.15) is 0 Å². The molecule has 42 heavy (non-hydrogen) atoms. The normalized spacial score (nSPS) is 15.5. The van der Waals surface area contributed by atoms with Gasteiger partial charge in [-0.05, 0) is 75.7 Å². The van der Waals surface area contributed by atoms with E-state index in [1.807, 2.05) is 45.3 Å². The molecule has 7 nitrogen and oxygen atoms in total. The SMILES string of the molecule is Cc1ccccc1-c1ccc(C(=O)NC2(C(=O)O)CCC(F)(F)CC2)nc1-c1ccc(Cl)c(OCCCN(C)C)c1.Cl. The van der Waals surface area contributed by atoms with Gasteiger partial charge in [0.1, 0.15) is 17.0 Å². The van der Waals surface area contributed by atoms with Crippen LogP contribution in [0.3, 0.4) is 0 Å². The molecule has 0 spiro atoms. The predicted octanol–water partition coefficient (Wildman–Crippen LogP) is 6.89. The summed E-state index contributed by atoms with van der Waals surface area (Å²) in [6, 6.07) is 16.3. The molecule has 1 aliphatic rings. The average Bonchev–Trinajstić information content (AvgIpc) is 2.93. The molecule has 0 saturated heterocycles. The number of carboxylic acid groups (broad SMARTS) is 1. The third-order valence-corrected chi connectivity index (χ3v) is 7.68. The summed E-state index contributed by atoms with van der Waals surface area (Å²) in [6.45, 7) is 3.28. The molecule has 3 aromatic rings. The molecule has 1 heterocycles. The summed E-state index contributed by atoms with van der Waals surface area (Å²) >= 11 is 6.43. The number of carboxylic acids is 1. The Morgan fingerprint density at radius 1 is 1.05 bits per heavy atom. The number of halogens is 4. The number of aromatic nitrogens is 1. The maximum Gasteiger partial charge on any atom is 0.329 e. The second kappa shape index (κ2) is 13.8. The van der Waals surface area contributed by atoms with Crippen molar-refractivity contribution in [3.8, 4) is 28.1 Å². The molecule has 2 N–H and O–H groups in total. The highest BCUT2D eigenvalue weighted by atomic mass is 35.5. The highest BCUT2D eigenvalue weighted by Gasteiger charge is 2.49. The van der Waals surface area contributed by atoms with Gasteiger partial charge in [-0.15, -0.1) is 12.4 Å². The molecule has 1 aliphatic carbocycles. The second-order valence-electron chi connectivity index (χ2n) is 10.8. The Morgan fingerprint density at radius 3 is 2.38 bits per heavy atom. The van der Waals surface area contributed by atoms with Crippen LogP contribution in [0.15, 0.2) is 54.6 Å². The highest BCUT2D eigenvalue weighted by Crippen LogP contribution is 2.40. The number of carbonyl (C=O) groups is 2. The van der Waals surface area contributed by atoms with Crippen LogP contribution in [-0.2, 0) is 4.79 Å². The van der Waals surface area contributed by atoms with Gasteiger partial charge in [-0.3, -0.25) is 4.79 Å². The van der Waals surface area contributed by atoms with Crippen LogP contribution in [0.2, 0.25) is 5.02 Å². The lowest BCUT2D eigenvalue weighted by molar-refractivity contribution is -0.150. The first-order valence-electron chi connectivity index (χ1n) is 13.5. The lowest BCUT2D eigenvalue weighted by Crippen LogP contribution is -2.57. The third kappa shape index (κ3) is 7.76. The maximum atomic E-state index is 13.8. The van der Waals surface area contributed by atoms with Crippen LogP contribution in [0.25, 0.3) is 22.4 Å². The Kier molecular flexibility index (Phi) is 10.9. The van der Waals surface area contributed by atoms with E-state index >= 15 is 0 Å². The monoisotopic (exact) mass is 621 g/mol. The topological polar surface area (TPSA) is 91.8 Å². The number of aryl methyl sites for hydroxylation is 1. The molecular formula is C31H35Cl2F2N3O4. The van der Waals surface area contributed by atoms with Crippen molar-refractivity contribution in [1.29, 1.82) is 0 Å². The van der Waals surface area contributed by atoms with E-state index in [0.29, 0.717) is 28.6 Å². The number of benzene rings is 2. The number of aliphatic carboxylic acids is 1. The van der Waals surface area contributed by atoms with Gasteiger partial charge in [0.25, 0.3) is 5.91 Å². The van der Waals surface area contributed by atoms with Crippen LogP contribution in [0.4, 0.5) is 8.78 Å². The Balaban J connectivity index is 0.00000484. The number of amides is 1. The fraction of sp³-hybridized carbons (Fsp3) is 0.387. The fourth-order valence-electron chi connectivity index (χ4n) is 4.94. The van der Waals surface area contributed by atoms with E-state index in [-0.39, 0.29) is 30.9 Å². The largest absolute Gasteiger partial charge is 0.492 e. The van der Waals surface area contributed by atoms with E-state index in [0.717, 1.165) is 29.7 Å². The second-order valence-corrected chi connectivity index (χ2v) is 11.2. The van der Waals surface area contributed by atoms with Gasteiger partial charge in [-0.1, -0.05) is 41.9 Å². The van der Waals surface area contributed by atoms with Crippen LogP contribution in [0, 0.1) is 6.92 Å². The quantitative estimate of drug-likeness (QED) is 0.239. The molecule has 1 amide bonds. The summed E-state index contributed by atoms with van der Waals surface area (Å²) in [5.41, 5.74) is 1.96. The number of pyridine rings is 1. The molecule has 1 saturated carbocycles. The third-order valence-electron chi connectivity index (χ3n) is 7.37. The number of carbonyl (C=O) groups excluding carboxylic acids is 1. The molecule has 0 radical (unpaired) electrons. The molecule has 4 rings (SSSR count). The van der Waals surface area contributed by atoms with E-state index < -0.39 is 36.2 Å². The van der Waals surface area contributed by atoms with Crippen LogP contribution < -0.4 is 10.1 Å². The maximum absolute atomic E-state index is 13.8. The van der Waals surface area contributed by atoms with E-state index in [1.54, 1.807) is 24.3 Å². The van der Waals surface area contributed by atoms with Crippen LogP contribution >= 0.6 is 24.0 Å². The minimum Gasteiger partial charge on any atom is -0.492 e. The van der Waals surface area contributed by atoms with Crippen molar-refractivity contribution in [1.82, 2.24) is 15.2 Å². The molecule has 1 fully saturated rings. The highest BCUT2D eigenvalue weighted by molar-refractivity contribution is 6.32. The molecule has 226 valence electrons. The van der Waals surface area contributed by atoms with Gasteiger partial charge in [0.15, 0.2) is 0 Å². The Labute approximate surface area is 255 Å². The molecule has 0 atom stereocenters. The number of hydrogen-bond donors (Lipinski definition) is 2. The number of nitrogens with zero attached hydrogens (tertiary/aromatic N) is 2. The van der Waals surface area contributed by atoms with Crippen molar-refractivity contribution in [2.45, 2.75) is 50.5 Å². The minimum atomic E-state index is -2.95. The van der Waals surface area contributed by atoms with Crippen molar-refractivity contribution in [2.24, 2.45) is 0 Å². The van der Waals surface area contributed by atoms with E-state index in [4.69, 9.17) is 16.3 Å². The Bertz CT molecular complexity index is 1430. The van der Waals surface area contributed by atoms with Crippen molar-refractivity contribution >= 4 is 35.9 Å². The van der Waals surface area contributed by atoms with Gasteiger partial charge >= 0.3 is 5.97 Å². The number of rotatable bonds is 10. The van der Waals surface area contributed by atoms with Gasteiger partial charge in [0.05, 0.1) is 17.3 Å². The summed E-state index contributed by atoms with van der Waals surface area (Å²) < 4.78 is 33.6. The van der Waals surface area contributed by atoms with Gasteiger partial charge < -0.3 is 20.1 Å². The first kappa shape index (κ1) is 33.2. The van der Waals surface area contributed by atoms with Crippen molar-refractivity contribution < 1.29 is 28.2 Å². The number of alkyl halides is 2. The predicted molar refractivity (Wildman–Crippen MR) is 162 cm³/mol. The average molecular weight is 623 g/mol. The standard InChI is InChI=1S/C31H34ClF2N3O4.ClH/c1-20-7-4-5-8-22(20)23-10-12-25(28(38)36-30(29(39)40)13-15-31(33,34)16-14-30)35-27(23)21-9-11-24(32)26(19-21)41-18-6-17-37(2)3;/h4-5,7-12,19H,6,13-18H2,1-3H3,(H,36,38)(H,39,40);1H. The van der Waals surface area contributed by atoms with E-state index in [9.17, 15) is 23.5 Å². The molecular weight excluding hydrogens is 587 g/mol. The Morgan fingerprint density at radius 2 is 1.74 bits per heavy atom. The summed E-state index contributed by atoms with van der Waals surface area (Å²) in [4.78, 5) is 32.2. The molecule has 1 aromatic heterocycles. The minimum absolute atomic E-state index is 0. The van der Waals surface area contributed by atoms with Gasteiger partial charge in [-0.25, -0.2) is 18.6 Å². The van der Waals surface area contributed by atoms with Gasteiger partial charge in [0, 0.05) is 30.5 Å². The molecule has 11 heteroatoms. The van der Waals surface area contributed by atoms with Crippen LogP contribution in [0.1, 0.15) is 48.2 Å². The molecule has 0 unspecified atom stereocenters. The zero-order valence-electron chi connectivity index (χ0n) is 23.8. The zero-order chi connectivity index (χ0) is 29.8. The number of hydrogen-bond acceptors (Lipinski definition) is 5. The van der Waals surface area contributed by atoms with Crippen molar-refractivity contribution in [3.63, 3.8) is 0 Å². The fourth-order valence-corrected chi connectivity index (χ4v) is 5.11. The van der Waals surface area contributed by atoms with E-state index in [1.165, 1.54) is 6.07 Å². The summed E-state index contributed by atoms with van der Waals surface area (Å²) in [5, 5.41) is 12.8. The Hall–Kier alpha value is -3.27. The van der Waals surface area contributed by atoms with Crippen LogP contribution in [-0.4, -0.2) is 65.6 Å². The van der Waals surface area contributed by atoms with E-state index in [2.05, 4.69) is 15.2 Å². The summed E-state index contributed by atoms with van der Waals surface area (Å²) in [5.74, 6) is -4.56. The van der Waals surface area contributed by atoms with Gasteiger partial charge in [0.2, 0.25) is 5.92 Å². The van der Waals surface area contributed by atoms with Crippen molar-refractivity contribution in [2.75, 3.05) is 27.2 Å². The first-order valence-corrected chi connectivity index (χ1v) is 13.9. The lowest BCUT2D eigenvalue weighted by atomic mass is 9.79. The summed E-state index contributed by atoms with van der Waals surface area (Å²) in [7, 11) is 3.97. The molecule has 0 aliphatic heterocycles. The molecule has 0 bridgehead atoms. The molecule has 2 aromatic carbocycles. The number of nitrogens with one attached hydrogen (secondary N) is 1. The lowest BCUT2D eigenvalue weighted by Gasteiger charge is -2.37. The number of ether oxygens (including phenoxy) is 1. The summed E-state index contributed by atoms with van der Waals surface area (Å²) in [6.07, 6.45) is -1.19. The smallest absolute Gasteiger partial charge is 0.329 e. The van der Waals surface area contributed by atoms with Crippen molar-refractivity contribution in [3.05, 3.63) is 70.9 Å².